The zero-order chi connectivity index (χ0) is 13.1. The minimum atomic E-state index is 0.417. The SMILES string of the molecule is BrCc1cn(Cc2nc(-c3ccccc3)no2)nn1. The van der Waals surface area contributed by atoms with Crippen LogP contribution in [0, 0.1) is 0 Å². The summed E-state index contributed by atoms with van der Waals surface area (Å²) < 4.78 is 6.87. The third-order valence-electron chi connectivity index (χ3n) is 2.52. The molecule has 0 N–H and O–H groups in total. The summed E-state index contributed by atoms with van der Waals surface area (Å²) >= 11 is 3.32. The average molecular weight is 320 g/mol. The molecule has 0 bridgehead atoms. The molecule has 3 rings (SSSR count). The van der Waals surface area contributed by atoms with Crippen LogP contribution in [0.25, 0.3) is 11.4 Å². The maximum Gasteiger partial charge on any atom is 0.248 e. The molecule has 0 aliphatic carbocycles. The van der Waals surface area contributed by atoms with Gasteiger partial charge in [-0.1, -0.05) is 56.6 Å². The summed E-state index contributed by atoms with van der Waals surface area (Å²) in [5.41, 5.74) is 1.79. The molecule has 3 aromatic rings. The van der Waals surface area contributed by atoms with Crippen molar-refractivity contribution in [2.24, 2.45) is 0 Å². The van der Waals surface area contributed by atoms with Crippen molar-refractivity contribution in [1.29, 1.82) is 0 Å². The van der Waals surface area contributed by atoms with Crippen molar-refractivity contribution in [3.05, 3.63) is 48.1 Å². The molecule has 19 heavy (non-hydrogen) atoms. The largest absolute Gasteiger partial charge is 0.337 e. The van der Waals surface area contributed by atoms with Crippen LogP contribution < -0.4 is 0 Å². The van der Waals surface area contributed by atoms with E-state index in [4.69, 9.17) is 4.52 Å². The van der Waals surface area contributed by atoms with Crippen LogP contribution in [0.4, 0.5) is 0 Å². The number of benzene rings is 1. The first kappa shape index (κ1) is 12.0. The standard InChI is InChI=1S/C12H10BrN5O/c13-6-10-7-18(17-15-10)8-11-14-12(16-19-11)9-4-2-1-3-5-9/h1-5,7H,6,8H2. The molecule has 2 aromatic heterocycles. The third kappa shape index (κ3) is 2.70. The lowest BCUT2D eigenvalue weighted by Gasteiger charge is -1.92. The van der Waals surface area contributed by atoms with Gasteiger partial charge in [-0.05, 0) is 0 Å². The van der Waals surface area contributed by atoms with Crippen LogP contribution in [-0.2, 0) is 11.9 Å². The molecular weight excluding hydrogens is 310 g/mol. The fourth-order valence-corrected chi connectivity index (χ4v) is 1.90. The molecule has 0 aliphatic rings. The molecule has 0 atom stereocenters. The lowest BCUT2D eigenvalue weighted by molar-refractivity contribution is 0.364. The van der Waals surface area contributed by atoms with Crippen molar-refractivity contribution in [3.63, 3.8) is 0 Å². The predicted molar refractivity (Wildman–Crippen MR) is 71.5 cm³/mol. The van der Waals surface area contributed by atoms with E-state index < -0.39 is 0 Å². The molecule has 0 unspecified atom stereocenters. The zero-order valence-electron chi connectivity index (χ0n) is 9.90. The number of hydrogen-bond donors (Lipinski definition) is 0. The highest BCUT2D eigenvalue weighted by molar-refractivity contribution is 9.08. The minimum Gasteiger partial charge on any atom is -0.337 e. The van der Waals surface area contributed by atoms with Crippen LogP contribution in [-0.4, -0.2) is 25.1 Å². The summed E-state index contributed by atoms with van der Waals surface area (Å²) in [6, 6.07) is 9.69. The molecule has 0 radical (unpaired) electrons. The van der Waals surface area contributed by atoms with Gasteiger partial charge in [-0.25, -0.2) is 4.68 Å². The van der Waals surface area contributed by atoms with Crippen molar-refractivity contribution in [2.45, 2.75) is 11.9 Å². The van der Waals surface area contributed by atoms with E-state index >= 15 is 0 Å². The van der Waals surface area contributed by atoms with Crippen molar-refractivity contribution in [2.75, 3.05) is 0 Å². The third-order valence-corrected chi connectivity index (χ3v) is 3.09. The van der Waals surface area contributed by atoms with E-state index in [-0.39, 0.29) is 0 Å². The Morgan fingerprint density at radius 1 is 1.21 bits per heavy atom. The monoisotopic (exact) mass is 319 g/mol. The Hall–Kier alpha value is -2.02. The van der Waals surface area contributed by atoms with Crippen LogP contribution in [0.5, 0.6) is 0 Å². The second kappa shape index (κ2) is 5.31. The highest BCUT2D eigenvalue weighted by atomic mass is 79.9. The van der Waals surface area contributed by atoms with E-state index in [1.54, 1.807) is 4.68 Å². The molecule has 96 valence electrons. The van der Waals surface area contributed by atoms with Gasteiger partial charge in [-0.2, -0.15) is 4.98 Å². The van der Waals surface area contributed by atoms with Crippen LogP contribution in [0.2, 0.25) is 0 Å². The van der Waals surface area contributed by atoms with Gasteiger partial charge in [0.2, 0.25) is 11.7 Å². The van der Waals surface area contributed by atoms with Crippen LogP contribution in [0.15, 0.2) is 41.1 Å². The fourth-order valence-electron chi connectivity index (χ4n) is 1.64. The van der Waals surface area contributed by atoms with Gasteiger partial charge < -0.3 is 4.52 Å². The number of nitrogens with zero attached hydrogens (tertiary/aromatic N) is 5. The van der Waals surface area contributed by atoms with Gasteiger partial charge in [-0.15, -0.1) is 5.10 Å². The first-order chi connectivity index (χ1) is 9.35. The van der Waals surface area contributed by atoms with E-state index in [0.29, 0.717) is 23.6 Å². The van der Waals surface area contributed by atoms with Gasteiger partial charge in [0.15, 0.2) is 0 Å². The maximum absolute atomic E-state index is 5.20. The Kier molecular flexibility index (Phi) is 3.37. The fraction of sp³-hybridized carbons (Fsp3) is 0.167. The highest BCUT2D eigenvalue weighted by Gasteiger charge is 2.09. The Labute approximate surface area is 117 Å². The van der Waals surface area contributed by atoms with E-state index in [2.05, 4.69) is 36.4 Å². The number of halogens is 1. The van der Waals surface area contributed by atoms with Crippen LogP contribution >= 0.6 is 15.9 Å². The number of alkyl halides is 1. The second-order valence-corrected chi connectivity index (χ2v) is 4.48. The van der Waals surface area contributed by atoms with E-state index in [1.165, 1.54) is 0 Å². The Morgan fingerprint density at radius 3 is 2.79 bits per heavy atom. The van der Waals surface area contributed by atoms with Gasteiger partial charge in [-0.3, -0.25) is 0 Å². The number of rotatable bonds is 4. The summed E-state index contributed by atoms with van der Waals surface area (Å²) in [7, 11) is 0. The first-order valence-electron chi connectivity index (χ1n) is 5.68. The normalized spacial score (nSPS) is 10.8. The molecule has 0 saturated heterocycles. The highest BCUT2D eigenvalue weighted by Crippen LogP contribution is 2.15. The van der Waals surface area contributed by atoms with Gasteiger partial charge in [0, 0.05) is 17.1 Å². The Balaban J connectivity index is 1.78. The molecule has 0 aliphatic heterocycles. The topological polar surface area (TPSA) is 69.6 Å². The molecule has 2 heterocycles. The maximum atomic E-state index is 5.20. The molecule has 0 amide bonds. The van der Waals surface area contributed by atoms with Crippen molar-refractivity contribution in [1.82, 2.24) is 25.1 Å². The lowest BCUT2D eigenvalue weighted by atomic mass is 10.2. The second-order valence-electron chi connectivity index (χ2n) is 3.92. The average Bonchev–Trinajstić information content (AvgIpc) is 3.09. The van der Waals surface area contributed by atoms with Crippen molar-refractivity contribution in [3.8, 4) is 11.4 Å². The molecule has 0 fully saturated rings. The van der Waals surface area contributed by atoms with Crippen molar-refractivity contribution < 1.29 is 4.52 Å². The van der Waals surface area contributed by atoms with Gasteiger partial charge in [0.25, 0.3) is 0 Å². The molecule has 7 heteroatoms. The zero-order valence-corrected chi connectivity index (χ0v) is 11.5. The molecule has 6 nitrogen and oxygen atoms in total. The number of hydrogen-bond acceptors (Lipinski definition) is 5. The van der Waals surface area contributed by atoms with E-state index in [1.807, 2.05) is 36.5 Å². The Bertz CT molecular complexity index is 664. The van der Waals surface area contributed by atoms with Crippen molar-refractivity contribution >= 4 is 15.9 Å². The minimum absolute atomic E-state index is 0.417. The van der Waals surface area contributed by atoms with E-state index in [0.717, 1.165) is 11.3 Å². The summed E-state index contributed by atoms with van der Waals surface area (Å²) in [6.45, 7) is 0.417. The predicted octanol–water partition coefficient (Wildman–Crippen LogP) is 2.27. The lowest BCUT2D eigenvalue weighted by Crippen LogP contribution is -2.00. The molecule has 1 aromatic carbocycles. The van der Waals surface area contributed by atoms with Gasteiger partial charge in [0.05, 0.1) is 5.69 Å². The van der Waals surface area contributed by atoms with Crippen LogP contribution in [0.3, 0.4) is 0 Å². The van der Waals surface area contributed by atoms with Crippen LogP contribution in [0.1, 0.15) is 11.6 Å². The first-order valence-corrected chi connectivity index (χ1v) is 6.80. The summed E-state index contributed by atoms with van der Waals surface area (Å²) in [5.74, 6) is 1.08. The molecular formula is C12H10BrN5O. The van der Waals surface area contributed by atoms with Gasteiger partial charge >= 0.3 is 0 Å². The molecule has 0 spiro atoms. The molecule has 0 saturated carbocycles. The van der Waals surface area contributed by atoms with E-state index in [9.17, 15) is 0 Å². The quantitative estimate of drug-likeness (QED) is 0.690. The summed E-state index contributed by atoms with van der Waals surface area (Å²) in [4.78, 5) is 4.33. The summed E-state index contributed by atoms with van der Waals surface area (Å²) in [6.07, 6.45) is 1.83. The van der Waals surface area contributed by atoms with Gasteiger partial charge in [0.1, 0.15) is 6.54 Å². The smallest absolute Gasteiger partial charge is 0.248 e. The number of aromatic nitrogens is 5. The Morgan fingerprint density at radius 2 is 2.05 bits per heavy atom. The summed E-state index contributed by atoms with van der Waals surface area (Å²) in [5, 5.41) is 12.6.